The van der Waals surface area contributed by atoms with Gasteiger partial charge in [-0.1, -0.05) is 24.3 Å². The van der Waals surface area contributed by atoms with Gasteiger partial charge in [-0.3, -0.25) is 14.3 Å². The lowest BCUT2D eigenvalue weighted by atomic mass is 9.91. The van der Waals surface area contributed by atoms with Gasteiger partial charge in [-0.15, -0.1) is 0 Å². The molecule has 1 aromatic heterocycles. The molecule has 3 aromatic rings. The van der Waals surface area contributed by atoms with Gasteiger partial charge in [0.1, 0.15) is 5.54 Å². The Kier molecular flexibility index (Phi) is 4.00. The van der Waals surface area contributed by atoms with Gasteiger partial charge in [-0.2, -0.15) is 5.26 Å². The molecule has 8 nitrogen and oxygen atoms in total. The second-order valence-corrected chi connectivity index (χ2v) is 6.69. The number of nitrogens with one attached hydrogen (secondary N) is 1. The highest BCUT2D eigenvalue weighted by Crippen LogP contribution is 2.29. The average molecular weight is 376 g/mol. The van der Waals surface area contributed by atoms with E-state index in [1.807, 2.05) is 6.07 Å². The number of aromatic nitrogens is 1. The molecule has 1 saturated heterocycles. The number of urea groups is 1. The summed E-state index contributed by atoms with van der Waals surface area (Å²) in [4.78, 5) is 38.6. The molecule has 0 saturated carbocycles. The van der Waals surface area contributed by atoms with E-state index in [4.69, 9.17) is 9.68 Å². The molecule has 28 heavy (non-hydrogen) atoms. The van der Waals surface area contributed by atoms with Crippen LogP contribution >= 0.6 is 0 Å². The first kappa shape index (κ1) is 17.5. The lowest BCUT2D eigenvalue weighted by molar-refractivity contribution is -0.131. The summed E-state index contributed by atoms with van der Waals surface area (Å²) in [5, 5.41) is 11.6. The number of imide groups is 1. The zero-order chi connectivity index (χ0) is 19.9. The Morgan fingerprint density at radius 1 is 1.07 bits per heavy atom. The number of benzene rings is 2. The average Bonchev–Trinajstić information content (AvgIpc) is 3.13. The summed E-state index contributed by atoms with van der Waals surface area (Å²) >= 11 is 0. The van der Waals surface area contributed by atoms with Crippen LogP contribution in [0.15, 0.2) is 57.7 Å². The van der Waals surface area contributed by atoms with Crippen molar-refractivity contribution in [3.8, 4) is 6.07 Å². The third kappa shape index (κ3) is 2.65. The van der Waals surface area contributed by atoms with Gasteiger partial charge in [0, 0.05) is 13.1 Å². The first-order chi connectivity index (χ1) is 13.4. The third-order valence-corrected chi connectivity index (χ3v) is 4.99. The van der Waals surface area contributed by atoms with Gasteiger partial charge in [0.15, 0.2) is 5.58 Å². The molecule has 8 heteroatoms. The Morgan fingerprint density at radius 2 is 1.79 bits per heavy atom. The fourth-order valence-electron chi connectivity index (χ4n) is 3.40. The first-order valence-electron chi connectivity index (χ1n) is 8.67. The van der Waals surface area contributed by atoms with E-state index in [2.05, 4.69) is 5.32 Å². The molecular weight excluding hydrogens is 360 g/mol. The Balaban J connectivity index is 1.58. The Labute approximate surface area is 159 Å². The molecule has 0 spiro atoms. The molecule has 0 radical (unpaired) electrons. The number of carbonyl (C=O) groups excluding carboxylic acids is 2. The molecule has 1 aliphatic heterocycles. The molecule has 1 N–H and O–H groups in total. The summed E-state index contributed by atoms with van der Waals surface area (Å²) in [5.74, 6) is -0.953. The van der Waals surface area contributed by atoms with E-state index in [0.717, 1.165) is 4.90 Å². The number of oxazole rings is 1. The Bertz CT molecular complexity index is 1190. The minimum atomic E-state index is -1.23. The minimum absolute atomic E-state index is 0.0277. The lowest BCUT2D eigenvalue weighted by Gasteiger charge is -2.22. The second kappa shape index (κ2) is 6.39. The summed E-state index contributed by atoms with van der Waals surface area (Å²) in [6, 6.07) is 14.9. The zero-order valence-corrected chi connectivity index (χ0v) is 15.0. The van der Waals surface area contributed by atoms with Crippen LogP contribution < -0.4 is 11.1 Å². The van der Waals surface area contributed by atoms with E-state index in [0.29, 0.717) is 22.2 Å². The predicted molar refractivity (Wildman–Crippen MR) is 99.2 cm³/mol. The molecular formula is C20H16N4O4. The molecule has 1 unspecified atom stereocenters. The second-order valence-electron chi connectivity index (χ2n) is 6.69. The number of nitriles is 1. The normalized spacial score (nSPS) is 19.1. The van der Waals surface area contributed by atoms with Crippen molar-refractivity contribution in [3.05, 3.63) is 70.2 Å². The van der Waals surface area contributed by atoms with Gasteiger partial charge in [0.05, 0.1) is 17.1 Å². The number of carbonyl (C=O) groups is 2. The van der Waals surface area contributed by atoms with Crippen LogP contribution in [0.2, 0.25) is 0 Å². The summed E-state index contributed by atoms with van der Waals surface area (Å²) in [5.41, 5.74) is 0.876. The Morgan fingerprint density at radius 3 is 2.50 bits per heavy atom. The van der Waals surface area contributed by atoms with Crippen molar-refractivity contribution in [1.82, 2.24) is 14.8 Å². The van der Waals surface area contributed by atoms with E-state index in [9.17, 15) is 14.4 Å². The molecule has 4 rings (SSSR count). The Hall–Kier alpha value is -3.86. The molecule has 1 aliphatic rings. The van der Waals surface area contributed by atoms with Crippen molar-refractivity contribution in [2.45, 2.75) is 19.0 Å². The third-order valence-electron chi connectivity index (χ3n) is 4.99. The smallest absolute Gasteiger partial charge is 0.408 e. The van der Waals surface area contributed by atoms with Crippen LogP contribution in [-0.2, 0) is 16.9 Å². The highest BCUT2D eigenvalue weighted by Gasteiger charge is 2.48. The van der Waals surface area contributed by atoms with Gasteiger partial charge in [0.2, 0.25) is 0 Å². The van der Waals surface area contributed by atoms with Crippen molar-refractivity contribution in [3.63, 3.8) is 0 Å². The van der Waals surface area contributed by atoms with Crippen molar-refractivity contribution >= 4 is 23.0 Å². The van der Waals surface area contributed by atoms with E-state index in [-0.39, 0.29) is 13.1 Å². The van der Waals surface area contributed by atoms with Gasteiger partial charge >= 0.3 is 11.8 Å². The quantitative estimate of drug-likeness (QED) is 0.700. The molecule has 140 valence electrons. The molecule has 3 amide bonds. The van der Waals surface area contributed by atoms with Crippen molar-refractivity contribution in [1.29, 1.82) is 5.26 Å². The highest BCUT2D eigenvalue weighted by atomic mass is 16.4. The summed E-state index contributed by atoms with van der Waals surface area (Å²) < 4.78 is 6.57. The molecule has 0 bridgehead atoms. The van der Waals surface area contributed by atoms with Crippen LogP contribution in [0, 0.1) is 11.3 Å². The van der Waals surface area contributed by atoms with E-state index < -0.39 is 23.2 Å². The van der Waals surface area contributed by atoms with Crippen LogP contribution in [0.5, 0.6) is 0 Å². The van der Waals surface area contributed by atoms with Crippen LogP contribution in [0.4, 0.5) is 4.79 Å². The van der Waals surface area contributed by atoms with E-state index >= 15 is 0 Å². The topological polar surface area (TPSA) is 108 Å². The standard InChI is InChI=1S/C20H16N4O4/c1-20(14-8-6-13(12-21)7-9-14)17(25)24(18(26)22-20)11-10-23-15-4-2-3-5-16(15)28-19(23)27/h2-9H,10-11H2,1H3,(H,22,26). The lowest BCUT2D eigenvalue weighted by Crippen LogP contribution is -2.41. The molecule has 2 aromatic carbocycles. The maximum absolute atomic E-state index is 13.0. The number of hydrogen-bond acceptors (Lipinski definition) is 5. The van der Waals surface area contributed by atoms with Gasteiger partial charge in [0.25, 0.3) is 5.91 Å². The van der Waals surface area contributed by atoms with Crippen molar-refractivity contribution in [2.75, 3.05) is 6.54 Å². The van der Waals surface area contributed by atoms with Crippen molar-refractivity contribution < 1.29 is 14.0 Å². The minimum Gasteiger partial charge on any atom is -0.408 e. The van der Waals surface area contributed by atoms with Crippen LogP contribution in [0.1, 0.15) is 18.1 Å². The number of amides is 3. The molecule has 2 heterocycles. The van der Waals surface area contributed by atoms with Gasteiger partial charge in [-0.25, -0.2) is 9.59 Å². The SMILES string of the molecule is CC1(c2ccc(C#N)cc2)NC(=O)N(CCn2c(=O)oc3ccccc32)C1=O. The highest BCUT2D eigenvalue weighted by molar-refractivity contribution is 6.07. The largest absolute Gasteiger partial charge is 0.420 e. The zero-order valence-electron chi connectivity index (χ0n) is 15.0. The number of fused-ring (bicyclic) bond motifs is 1. The van der Waals surface area contributed by atoms with Gasteiger partial charge < -0.3 is 9.73 Å². The van der Waals surface area contributed by atoms with E-state index in [1.54, 1.807) is 55.5 Å². The number of rotatable bonds is 4. The predicted octanol–water partition coefficient (Wildman–Crippen LogP) is 1.93. The summed E-state index contributed by atoms with van der Waals surface area (Å²) in [7, 11) is 0. The molecule has 1 fully saturated rings. The summed E-state index contributed by atoms with van der Waals surface area (Å²) in [6.45, 7) is 1.77. The maximum Gasteiger partial charge on any atom is 0.420 e. The van der Waals surface area contributed by atoms with Crippen LogP contribution in [0.3, 0.4) is 0 Å². The van der Waals surface area contributed by atoms with Crippen LogP contribution in [-0.4, -0.2) is 28.0 Å². The molecule has 0 aliphatic carbocycles. The maximum atomic E-state index is 13.0. The fraction of sp³-hybridized carbons (Fsp3) is 0.200. The first-order valence-corrected chi connectivity index (χ1v) is 8.67. The van der Waals surface area contributed by atoms with Crippen LogP contribution in [0.25, 0.3) is 11.1 Å². The summed E-state index contributed by atoms with van der Waals surface area (Å²) in [6.07, 6.45) is 0. The van der Waals surface area contributed by atoms with Gasteiger partial charge in [-0.05, 0) is 36.8 Å². The van der Waals surface area contributed by atoms with E-state index in [1.165, 1.54) is 4.57 Å². The monoisotopic (exact) mass is 376 g/mol. The fourth-order valence-corrected chi connectivity index (χ4v) is 3.40. The van der Waals surface area contributed by atoms with Crippen molar-refractivity contribution in [2.24, 2.45) is 0 Å². The number of nitrogens with zero attached hydrogens (tertiary/aromatic N) is 3. The molecule has 1 atom stereocenters. The number of para-hydroxylation sites is 2. The number of hydrogen-bond donors (Lipinski definition) is 1.